The molecule has 1 aromatic carbocycles. The molecular weight excluding hydrogens is 380 g/mol. The zero-order chi connectivity index (χ0) is 21.8. The van der Waals surface area contributed by atoms with Crippen LogP contribution in [-0.4, -0.2) is 27.4 Å². The van der Waals surface area contributed by atoms with Crippen molar-refractivity contribution in [2.75, 3.05) is 0 Å². The first-order valence-corrected chi connectivity index (χ1v) is 10.5. The molecule has 0 spiro atoms. The van der Waals surface area contributed by atoms with Gasteiger partial charge in [0.1, 0.15) is 17.1 Å². The van der Waals surface area contributed by atoms with Gasteiger partial charge in [-0.1, -0.05) is 23.3 Å². The first-order chi connectivity index (χ1) is 14.1. The fourth-order valence-electron chi connectivity index (χ4n) is 5.15. The summed E-state index contributed by atoms with van der Waals surface area (Å²) in [5.41, 5.74) is 2.16. The molecular formula is C25H28O5. The molecule has 1 heterocycles. The number of phenolic OH excluding ortho intramolecular Hbond substituents is 2. The largest absolute Gasteiger partial charge is 0.508 e. The minimum absolute atomic E-state index is 0.0448. The van der Waals surface area contributed by atoms with E-state index >= 15 is 0 Å². The van der Waals surface area contributed by atoms with Gasteiger partial charge in [0, 0.05) is 23.5 Å². The third-order valence-corrected chi connectivity index (χ3v) is 6.66. The van der Waals surface area contributed by atoms with Crippen LogP contribution in [0.25, 0.3) is 0 Å². The Kier molecular flexibility index (Phi) is 4.88. The van der Waals surface area contributed by atoms with Crippen molar-refractivity contribution in [2.45, 2.75) is 59.0 Å². The number of aromatic hydroxyl groups is 2. The number of rotatable bonds is 3. The lowest BCUT2D eigenvalue weighted by Gasteiger charge is -2.49. The molecule has 1 aliphatic heterocycles. The first-order valence-electron chi connectivity index (χ1n) is 10.5. The van der Waals surface area contributed by atoms with Crippen LogP contribution >= 0.6 is 0 Å². The summed E-state index contributed by atoms with van der Waals surface area (Å²) < 4.78 is 6.37. The van der Waals surface area contributed by atoms with E-state index in [2.05, 4.69) is 26.0 Å². The van der Waals surface area contributed by atoms with Crippen molar-refractivity contribution < 1.29 is 24.5 Å². The van der Waals surface area contributed by atoms with Gasteiger partial charge >= 0.3 is 0 Å². The Labute approximate surface area is 176 Å². The minimum Gasteiger partial charge on any atom is -0.508 e. The van der Waals surface area contributed by atoms with Gasteiger partial charge in [-0.05, 0) is 59.4 Å². The molecule has 5 heteroatoms. The van der Waals surface area contributed by atoms with E-state index in [1.807, 2.05) is 13.8 Å². The quantitative estimate of drug-likeness (QED) is 0.668. The molecule has 30 heavy (non-hydrogen) atoms. The zero-order valence-corrected chi connectivity index (χ0v) is 17.9. The molecule has 0 aromatic heterocycles. The van der Waals surface area contributed by atoms with E-state index in [9.17, 15) is 19.8 Å². The van der Waals surface area contributed by atoms with Crippen LogP contribution in [0.1, 0.15) is 74.1 Å². The number of Topliss-reactive ketones (excluding diaryl/α,β-unsaturated/α-hetero) is 2. The number of benzene rings is 1. The second-order valence-electron chi connectivity index (χ2n) is 9.21. The second-order valence-corrected chi connectivity index (χ2v) is 9.21. The topological polar surface area (TPSA) is 83.8 Å². The lowest BCUT2D eigenvalue weighted by Crippen LogP contribution is -2.50. The molecule has 0 amide bonds. The monoisotopic (exact) mass is 408 g/mol. The molecule has 0 radical (unpaired) electrons. The van der Waals surface area contributed by atoms with Crippen LogP contribution < -0.4 is 0 Å². The summed E-state index contributed by atoms with van der Waals surface area (Å²) in [5, 5.41) is 20.2. The van der Waals surface area contributed by atoms with Crippen LogP contribution in [0, 0.1) is 11.8 Å². The highest BCUT2D eigenvalue weighted by Crippen LogP contribution is 2.52. The van der Waals surface area contributed by atoms with Crippen molar-refractivity contribution in [1.82, 2.24) is 0 Å². The van der Waals surface area contributed by atoms with Crippen molar-refractivity contribution in [3.63, 3.8) is 0 Å². The van der Waals surface area contributed by atoms with Gasteiger partial charge < -0.3 is 14.9 Å². The lowest BCUT2D eigenvalue weighted by atomic mass is 9.63. The van der Waals surface area contributed by atoms with Crippen molar-refractivity contribution in [1.29, 1.82) is 0 Å². The highest BCUT2D eigenvalue weighted by molar-refractivity contribution is 6.27. The van der Waals surface area contributed by atoms with Gasteiger partial charge in [0.15, 0.2) is 11.5 Å². The molecule has 158 valence electrons. The Morgan fingerprint density at radius 3 is 2.67 bits per heavy atom. The number of phenols is 2. The van der Waals surface area contributed by atoms with E-state index in [1.54, 1.807) is 0 Å². The summed E-state index contributed by atoms with van der Waals surface area (Å²) >= 11 is 0. The van der Waals surface area contributed by atoms with E-state index in [0.29, 0.717) is 5.57 Å². The molecule has 0 fully saturated rings. The summed E-state index contributed by atoms with van der Waals surface area (Å²) in [6, 6.07) is 2.34. The van der Waals surface area contributed by atoms with E-state index in [-0.39, 0.29) is 40.3 Å². The summed E-state index contributed by atoms with van der Waals surface area (Å²) in [7, 11) is 0. The molecule has 0 saturated heterocycles. The lowest BCUT2D eigenvalue weighted by molar-refractivity contribution is -0.0682. The number of fused-ring (bicyclic) bond motifs is 3. The third-order valence-electron chi connectivity index (χ3n) is 6.66. The Hall–Kier alpha value is -2.82. The SMILES string of the molecule is CC(C)=CCC[C@]1(C)OC2=C(C(=O)c3cc(O)cc(O)c3C2=O)[C@H]2C=C(C)CC[C@H]21. The summed E-state index contributed by atoms with van der Waals surface area (Å²) in [6.45, 7) is 8.19. The highest BCUT2D eigenvalue weighted by atomic mass is 16.5. The number of hydrogen-bond acceptors (Lipinski definition) is 5. The molecule has 4 rings (SSSR count). The van der Waals surface area contributed by atoms with Crippen LogP contribution in [-0.2, 0) is 4.74 Å². The second kappa shape index (κ2) is 7.15. The van der Waals surface area contributed by atoms with E-state index in [4.69, 9.17) is 4.74 Å². The maximum atomic E-state index is 13.4. The molecule has 0 bridgehead atoms. The van der Waals surface area contributed by atoms with Gasteiger partial charge in [-0.3, -0.25) is 9.59 Å². The Morgan fingerprint density at radius 1 is 1.23 bits per heavy atom. The average molecular weight is 408 g/mol. The summed E-state index contributed by atoms with van der Waals surface area (Å²) in [5.74, 6) is -1.56. The van der Waals surface area contributed by atoms with Crippen molar-refractivity contribution in [2.24, 2.45) is 11.8 Å². The van der Waals surface area contributed by atoms with Crippen molar-refractivity contribution in [3.8, 4) is 11.5 Å². The van der Waals surface area contributed by atoms with Crippen LogP contribution in [0.2, 0.25) is 0 Å². The Bertz CT molecular complexity index is 1040. The number of ketones is 2. The molecule has 5 nitrogen and oxygen atoms in total. The van der Waals surface area contributed by atoms with E-state index in [1.165, 1.54) is 17.2 Å². The van der Waals surface area contributed by atoms with Gasteiger partial charge in [-0.15, -0.1) is 0 Å². The molecule has 2 aliphatic carbocycles. The zero-order valence-electron chi connectivity index (χ0n) is 17.9. The minimum atomic E-state index is -0.591. The number of carbonyl (C=O) groups is 2. The normalized spacial score (nSPS) is 27.5. The number of ether oxygens (including phenoxy) is 1. The average Bonchev–Trinajstić information content (AvgIpc) is 2.65. The number of carbonyl (C=O) groups excluding carboxylic acids is 2. The van der Waals surface area contributed by atoms with Crippen LogP contribution in [0.3, 0.4) is 0 Å². The van der Waals surface area contributed by atoms with Crippen LogP contribution in [0.4, 0.5) is 0 Å². The Balaban J connectivity index is 1.85. The molecule has 2 N–H and O–H groups in total. The van der Waals surface area contributed by atoms with Gasteiger partial charge in [0.2, 0.25) is 5.78 Å². The Morgan fingerprint density at radius 2 is 1.97 bits per heavy atom. The predicted molar refractivity (Wildman–Crippen MR) is 114 cm³/mol. The number of hydrogen-bond donors (Lipinski definition) is 2. The van der Waals surface area contributed by atoms with Gasteiger partial charge in [0.05, 0.1) is 11.1 Å². The van der Waals surface area contributed by atoms with Gasteiger partial charge in [-0.25, -0.2) is 0 Å². The summed E-state index contributed by atoms with van der Waals surface area (Å²) in [4.78, 5) is 26.8. The maximum absolute atomic E-state index is 13.4. The maximum Gasteiger partial charge on any atom is 0.232 e. The fourth-order valence-corrected chi connectivity index (χ4v) is 5.15. The van der Waals surface area contributed by atoms with E-state index in [0.717, 1.165) is 31.7 Å². The number of allylic oxidation sites excluding steroid dienone is 6. The standard InChI is InChI=1S/C25H28O5/c1-13(2)6-5-9-25(4)18-8-7-14(3)10-16(18)21-22(28)17-11-15(26)12-19(27)20(17)23(29)24(21)30-25/h6,10-12,16,18,26-27H,5,7-9H2,1-4H3/t16-,18+,25-/m0/s1. The summed E-state index contributed by atoms with van der Waals surface area (Å²) in [6.07, 6.45) is 7.64. The molecule has 3 aliphatic rings. The highest BCUT2D eigenvalue weighted by Gasteiger charge is 2.52. The smallest absolute Gasteiger partial charge is 0.232 e. The molecule has 0 saturated carbocycles. The van der Waals surface area contributed by atoms with Crippen molar-refractivity contribution >= 4 is 11.6 Å². The van der Waals surface area contributed by atoms with Crippen LogP contribution in [0.15, 0.2) is 46.8 Å². The fraction of sp³-hybridized carbons (Fsp3) is 0.440. The predicted octanol–water partition coefficient (Wildman–Crippen LogP) is 5.24. The molecule has 1 aromatic rings. The molecule has 3 atom stereocenters. The van der Waals surface area contributed by atoms with Gasteiger partial charge in [0.25, 0.3) is 0 Å². The molecule has 0 unspecified atom stereocenters. The third kappa shape index (κ3) is 3.17. The van der Waals surface area contributed by atoms with Crippen molar-refractivity contribution in [3.05, 3.63) is 57.9 Å². The van der Waals surface area contributed by atoms with Crippen LogP contribution in [0.5, 0.6) is 11.5 Å². The van der Waals surface area contributed by atoms with Gasteiger partial charge in [-0.2, -0.15) is 0 Å². The van der Waals surface area contributed by atoms with E-state index < -0.39 is 17.1 Å². The first kappa shape index (κ1) is 20.5.